The Labute approximate surface area is 139 Å². The normalized spacial score (nSPS) is 20.5. The topological polar surface area (TPSA) is 91.1 Å². The molecule has 24 heavy (non-hydrogen) atoms. The molecule has 2 atom stereocenters. The van der Waals surface area contributed by atoms with Crippen molar-refractivity contribution in [1.82, 2.24) is 15.6 Å². The minimum absolute atomic E-state index is 0.00178. The third-order valence-electron chi connectivity index (χ3n) is 4.41. The summed E-state index contributed by atoms with van der Waals surface area (Å²) in [6, 6.07) is 8.96. The highest BCUT2D eigenvalue weighted by molar-refractivity contribution is 5.96. The van der Waals surface area contributed by atoms with Gasteiger partial charge in [0.2, 0.25) is 5.91 Å². The molecule has 126 valence electrons. The first kappa shape index (κ1) is 16.2. The van der Waals surface area contributed by atoms with Gasteiger partial charge in [-0.2, -0.15) is 0 Å². The zero-order chi connectivity index (χ0) is 17.1. The van der Waals surface area contributed by atoms with E-state index in [4.69, 9.17) is 0 Å². The second-order valence-corrected chi connectivity index (χ2v) is 6.33. The van der Waals surface area contributed by atoms with Gasteiger partial charge in [0, 0.05) is 24.4 Å². The molecule has 1 aliphatic carbocycles. The largest absolute Gasteiger partial charge is 0.354 e. The number of H-pyrrole nitrogens is 1. The number of pyridine rings is 1. The zero-order valence-corrected chi connectivity index (χ0v) is 13.6. The third-order valence-corrected chi connectivity index (χ3v) is 4.41. The minimum Gasteiger partial charge on any atom is -0.354 e. The fraction of sp³-hybridized carbons (Fsp3) is 0.389. The van der Waals surface area contributed by atoms with E-state index < -0.39 is 0 Å². The smallest absolute Gasteiger partial charge is 0.268 e. The molecule has 3 rings (SSSR count). The van der Waals surface area contributed by atoms with Gasteiger partial charge in [0.15, 0.2) is 0 Å². The number of aromatic nitrogens is 1. The minimum atomic E-state index is -0.286. The Kier molecular flexibility index (Phi) is 4.64. The van der Waals surface area contributed by atoms with Crippen LogP contribution in [0.15, 0.2) is 35.1 Å². The van der Waals surface area contributed by atoms with Crippen molar-refractivity contribution in [1.29, 1.82) is 0 Å². The SMILES string of the molecule is CC(=O)NC1CCCC(NC(=O)c2cc3ccccc3c(=O)[nH]2)C1. The van der Waals surface area contributed by atoms with Gasteiger partial charge < -0.3 is 15.6 Å². The molecule has 0 spiro atoms. The average Bonchev–Trinajstić information content (AvgIpc) is 2.54. The van der Waals surface area contributed by atoms with E-state index >= 15 is 0 Å². The van der Waals surface area contributed by atoms with Gasteiger partial charge in [-0.1, -0.05) is 18.2 Å². The molecule has 1 fully saturated rings. The zero-order valence-electron chi connectivity index (χ0n) is 13.6. The number of fused-ring (bicyclic) bond motifs is 1. The summed E-state index contributed by atoms with van der Waals surface area (Å²) < 4.78 is 0. The standard InChI is InChI=1S/C18H21N3O3/c1-11(22)19-13-6-4-7-14(10-13)20-18(24)16-9-12-5-2-3-8-15(12)17(23)21-16/h2-3,5,8-9,13-14H,4,6-7,10H2,1H3,(H,19,22)(H,20,24)(H,21,23). The molecule has 0 aliphatic heterocycles. The summed E-state index contributed by atoms with van der Waals surface area (Å²) in [6.45, 7) is 1.50. The highest BCUT2D eigenvalue weighted by Gasteiger charge is 2.24. The van der Waals surface area contributed by atoms with E-state index in [2.05, 4.69) is 15.6 Å². The fourth-order valence-electron chi connectivity index (χ4n) is 3.34. The van der Waals surface area contributed by atoms with Crippen molar-refractivity contribution < 1.29 is 9.59 Å². The molecule has 0 bridgehead atoms. The molecule has 0 saturated heterocycles. The highest BCUT2D eigenvalue weighted by atomic mass is 16.2. The van der Waals surface area contributed by atoms with Crippen LogP contribution in [-0.2, 0) is 4.79 Å². The van der Waals surface area contributed by atoms with Gasteiger partial charge in [-0.25, -0.2) is 0 Å². The summed E-state index contributed by atoms with van der Waals surface area (Å²) >= 11 is 0. The van der Waals surface area contributed by atoms with E-state index in [0.29, 0.717) is 11.8 Å². The Balaban J connectivity index is 1.73. The van der Waals surface area contributed by atoms with Crippen LogP contribution in [-0.4, -0.2) is 28.9 Å². The average molecular weight is 327 g/mol. The highest BCUT2D eigenvalue weighted by Crippen LogP contribution is 2.19. The van der Waals surface area contributed by atoms with E-state index in [-0.39, 0.29) is 35.2 Å². The summed E-state index contributed by atoms with van der Waals surface area (Å²) in [7, 11) is 0. The summed E-state index contributed by atoms with van der Waals surface area (Å²) in [5, 5.41) is 7.19. The van der Waals surface area contributed by atoms with Crippen molar-refractivity contribution >= 4 is 22.6 Å². The van der Waals surface area contributed by atoms with E-state index in [1.54, 1.807) is 18.2 Å². The Hall–Kier alpha value is -2.63. The van der Waals surface area contributed by atoms with E-state index in [0.717, 1.165) is 24.6 Å². The number of amides is 2. The molecule has 6 heteroatoms. The van der Waals surface area contributed by atoms with E-state index in [9.17, 15) is 14.4 Å². The van der Waals surface area contributed by atoms with Gasteiger partial charge in [0.25, 0.3) is 11.5 Å². The predicted octanol–water partition coefficient (Wildman–Crippen LogP) is 1.71. The van der Waals surface area contributed by atoms with Crippen LogP contribution in [0.3, 0.4) is 0 Å². The molecule has 3 N–H and O–H groups in total. The number of carbonyl (C=O) groups excluding carboxylic acids is 2. The second kappa shape index (κ2) is 6.86. The van der Waals surface area contributed by atoms with Crippen LogP contribution in [0, 0.1) is 0 Å². The van der Waals surface area contributed by atoms with Crippen molar-refractivity contribution in [2.75, 3.05) is 0 Å². The van der Waals surface area contributed by atoms with Crippen LogP contribution in [0.5, 0.6) is 0 Å². The molecule has 1 aliphatic rings. The maximum Gasteiger partial charge on any atom is 0.268 e. The molecular formula is C18H21N3O3. The lowest BCUT2D eigenvalue weighted by atomic mass is 9.91. The van der Waals surface area contributed by atoms with Crippen molar-refractivity contribution in [3.05, 3.63) is 46.4 Å². The molecule has 2 amide bonds. The van der Waals surface area contributed by atoms with Gasteiger partial charge >= 0.3 is 0 Å². The predicted molar refractivity (Wildman–Crippen MR) is 91.9 cm³/mol. The second-order valence-electron chi connectivity index (χ2n) is 6.33. The first-order valence-electron chi connectivity index (χ1n) is 8.23. The monoisotopic (exact) mass is 327 g/mol. The number of benzene rings is 1. The number of aromatic amines is 1. The molecule has 1 aromatic heterocycles. The summed E-state index contributed by atoms with van der Waals surface area (Å²) in [4.78, 5) is 38.4. The van der Waals surface area contributed by atoms with Gasteiger partial charge in [0.05, 0.1) is 0 Å². The van der Waals surface area contributed by atoms with Crippen molar-refractivity contribution in [3.63, 3.8) is 0 Å². The van der Waals surface area contributed by atoms with Gasteiger partial charge in [-0.3, -0.25) is 14.4 Å². The molecule has 2 unspecified atom stereocenters. The van der Waals surface area contributed by atoms with Gasteiger partial charge in [-0.15, -0.1) is 0 Å². The maximum atomic E-state index is 12.5. The maximum absolute atomic E-state index is 12.5. The Morgan fingerprint density at radius 2 is 1.83 bits per heavy atom. The first-order chi connectivity index (χ1) is 11.5. The van der Waals surface area contributed by atoms with Crippen molar-refractivity contribution in [2.24, 2.45) is 0 Å². The number of hydrogen-bond donors (Lipinski definition) is 3. The molecule has 2 aromatic rings. The Morgan fingerprint density at radius 1 is 1.12 bits per heavy atom. The van der Waals surface area contributed by atoms with Crippen LogP contribution >= 0.6 is 0 Å². The molecule has 1 saturated carbocycles. The molecular weight excluding hydrogens is 306 g/mol. The van der Waals surface area contributed by atoms with Crippen LogP contribution in [0.1, 0.15) is 43.1 Å². The van der Waals surface area contributed by atoms with Gasteiger partial charge in [-0.05, 0) is 43.2 Å². The number of nitrogens with one attached hydrogen (secondary N) is 3. The molecule has 1 aromatic carbocycles. The Bertz CT molecular complexity index is 828. The van der Waals surface area contributed by atoms with Gasteiger partial charge in [0.1, 0.15) is 5.69 Å². The van der Waals surface area contributed by atoms with E-state index in [1.165, 1.54) is 6.92 Å². The number of hydrogen-bond acceptors (Lipinski definition) is 3. The van der Waals surface area contributed by atoms with Crippen molar-refractivity contribution in [3.8, 4) is 0 Å². The lowest BCUT2D eigenvalue weighted by molar-refractivity contribution is -0.119. The van der Waals surface area contributed by atoms with Crippen LogP contribution in [0.4, 0.5) is 0 Å². The fourth-order valence-corrected chi connectivity index (χ4v) is 3.34. The molecule has 1 heterocycles. The molecule has 0 radical (unpaired) electrons. The van der Waals surface area contributed by atoms with Crippen LogP contribution < -0.4 is 16.2 Å². The molecule has 6 nitrogen and oxygen atoms in total. The van der Waals surface area contributed by atoms with Crippen LogP contribution in [0.25, 0.3) is 10.8 Å². The lowest BCUT2D eigenvalue weighted by Gasteiger charge is -2.30. The summed E-state index contributed by atoms with van der Waals surface area (Å²) in [5.74, 6) is -0.336. The van der Waals surface area contributed by atoms with Crippen LogP contribution in [0.2, 0.25) is 0 Å². The number of carbonyl (C=O) groups is 2. The van der Waals surface area contributed by atoms with E-state index in [1.807, 2.05) is 12.1 Å². The number of rotatable bonds is 3. The Morgan fingerprint density at radius 3 is 2.58 bits per heavy atom. The van der Waals surface area contributed by atoms with Crippen molar-refractivity contribution in [2.45, 2.75) is 44.7 Å². The third kappa shape index (κ3) is 3.64. The quantitative estimate of drug-likeness (QED) is 0.801. The first-order valence-corrected chi connectivity index (χ1v) is 8.23. The summed E-state index contributed by atoms with van der Waals surface area (Å²) in [5.41, 5.74) is -0.00151. The lowest BCUT2D eigenvalue weighted by Crippen LogP contribution is -2.45. The summed E-state index contributed by atoms with van der Waals surface area (Å²) in [6.07, 6.45) is 3.46.